The molecule has 0 spiro atoms. The third kappa shape index (κ3) is 6.11. The van der Waals surface area contributed by atoms with E-state index in [0.717, 1.165) is 6.42 Å². The van der Waals surface area contributed by atoms with Crippen molar-refractivity contribution in [1.29, 1.82) is 0 Å². The molecular weight excluding hydrogens is 222 g/mol. The normalized spacial score (nSPS) is 14.5. The summed E-state index contributed by atoms with van der Waals surface area (Å²) in [5, 5.41) is 14.3. The summed E-state index contributed by atoms with van der Waals surface area (Å²) in [6.45, 7) is 5.61. The van der Waals surface area contributed by atoms with Crippen LogP contribution in [-0.4, -0.2) is 35.7 Å². The van der Waals surface area contributed by atoms with E-state index >= 15 is 0 Å². The Morgan fingerprint density at radius 2 is 2.18 bits per heavy atom. The van der Waals surface area contributed by atoms with Gasteiger partial charge in [-0.25, -0.2) is 0 Å². The zero-order chi connectivity index (χ0) is 13.5. The molecule has 100 valence electrons. The number of nitrogens with one attached hydrogen (secondary N) is 1. The van der Waals surface area contributed by atoms with E-state index in [-0.39, 0.29) is 18.2 Å². The lowest BCUT2D eigenvalue weighted by Crippen LogP contribution is -2.46. The van der Waals surface area contributed by atoms with Crippen molar-refractivity contribution in [1.82, 2.24) is 5.32 Å². The number of nitrogens with two attached hydrogens (primary N) is 1. The van der Waals surface area contributed by atoms with Crippen LogP contribution in [0.15, 0.2) is 5.16 Å². The standard InChI is InChI=1S/C11H23N3O3/c1-5-6-8(10(12)14-16)13-9(15)7-11(2,3)17-4/h8,16H,5-7H2,1-4H3,(H2,12,14)(H,13,15). The molecule has 4 N–H and O–H groups in total. The molecule has 0 bridgehead atoms. The molecule has 0 aliphatic rings. The second kappa shape index (κ2) is 7.11. The number of carbonyl (C=O) groups excluding carboxylic acids is 1. The first-order chi connectivity index (χ1) is 7.86. The molecule has 0 aliphatic heterocycles. The van der Waals surface area contributed by atoms with Crippen LogP contribution in [0.1, 0.15) is 40.0 Å². The van der Waals surface area contributed by atoms with Gasteiger partial charge >= 0.3 is 0 Å². The number of carbonyl (C=O) groups is 1. The van der Waals surface area contributed by atoms with Crippen LogP contribution in [0.5, 0.6) is 0 Å². The maximum atomic E-state index is 11.7. The van der Waals surface area contributed by atoms with Gasteiger partial charge in [0.05, 0.1) is 18.1 Å². The average molecular weight is 245 g/mol. The number of nitrogens with zero attached hydrogens (tertiary/aromatic N) is 1. The van der Waals surface area contributed by atoms with Crippen LogP contribution in [0.3, 0.4) is 0 Å². The van der Waals surface area contributed by atoms with Gasteiger partial charge in [0.25, 0.3) is 0 Å². The molecule has 0 aliphatic carbocycles. The van der Waals surface area contributed by atoms with Crippen LogP contribution in [0, 0.1) is 0 Å². The zero-order valence-corrected chi connectivity index (χ0v) is 11.0. The fraction of sp³-hybridized carbons (Fsp3) is 0.818. The molecule has 0 aromatic carbocycles. The van der Waals surface area contributed by atoms with Crippen LogP contribution < -0.4 is 11.1 Å². The lowest BCUT2D eigenvalue weighted by atomic mass is 10.0. The Balaban J connectivity index is 4.41. The van der Waals surface area contributed by atoms with Crippen molar-refractivity contribution in [3.8, 4) is 0 Å². The fourth-order valence-corrected chi connectivity index (χ4v) is 1.36. The van der Waals surface area contributed by atoms with Gasteiger partial charge in [0.2, 0.25) is 5.91 Å². The molecule has 1 unspecified atom stereocenters. The minimum Gasteiger partial charge on any atom is -0.409 e. The molecule has 17 heavy (non-hydrogen) atoms. The first-order valence-electron chi connectivity index (χ1n) is 5.68. The molecule has 0 radical (unpaired) electrons. The Kier molecular flexibility index (Phi) is 6.57. The monoisotopic (exact) mass is 245 g/mol. The smallest absolute Gasteiger partial charge is 0.223 e. The van der Waals surface area contributed by atoms with Crippen molar-refractivity contribution < 1.29 is 14.7 Å². The third-order valence-electron chi connectivity index (χ3n) is 2.52. The van der Waals surface area contributed by atoms with Gasteiger partial charge in [-0.2, -0.15) is 0 Å². The van der Waals surface area contributed by atoms with Gasteiger partial charge in [0.15, 0.2) is 5.84 Å². The summed E-state index contributed by atoms with van der Waals surface area (Å²) in [6, 6.07) is -0.426. The van der Waals surface area contributed by atoms with Crippen molar-refractivity contribution in [2.75, 3.05) is 7.11 Å². The number of methoxy groups -OCH3 is 1. The van der Waals surface area contributed by atoms with E-state index < -0.39 is 11.6 Å². The SMILES string of the molecule is CCCC(NC(=O)CC(C)(C)OC)C(N)=NO. The van der Waals surface area contributed by atoms with Gasteiger partial charge in [0.1, 0.15) is 0 Å². The fourth-order valence-electron chi connectivity index (χ4n) is 1.36. The van der Waals surface area contributed by atoms with E-state index in [2.05, 4.69) is 10.5 Å². The van der Waals surface area contributed by atoms with Gasteiger partial charge in [-0.05, 0) is 20.3 Å². The van der Waals surface area contributed by atoms with Gasteiger partial charge in [-0.3, -0.25) is 4.79 Å². The maximum absolute atomic E-state index is 11.7. The molecular formula is C11H23N3O3. The summed E-state index contributed by atoms with van der Waals surface area (Å²) in [6.07, 6.45) is 1.69. The number of amidine groups is 1. The van der Waals surface area contributed by atoms with Gasteiger partial charge in [0, 0.05) is 7.11 Å². The molecule has 0 saturated carbocycles. The summed E-state index contributed by atoms with van der Waals surface area (Å²) in [5.41, 5.74) is 4.98. The first kappa shape index (κ1) is 15.7. The summed E-state index contributed by atoms with van der Waals surface area (Å²) in [4.78, 5) is 11.7. The molecule has 0 rings (SSSR count). The van der Waals surface area contributed by atoms with Crippen LogP contribution in [-0.2, 0) is 9.53 Å². The number of amides is 1. The summed E-state index contributed by atoms with van der Waals surface area (Å²) >= 11 is 0. The highest BCUT2D eigenvalue weighted by molar-refractivity contribution is 5.90. The van der Waals surface area contributed by atoms with Crippen molar-refractivity contribution in [2.24, 2.45) is 10.9 Å². The highest BCUT2D eigenvalue weighted by Crippen LogP contribution is 2.12. The van der Waals surface area contributed by atoms with E-state index in [9.17, 15) is 4.79 Å². The van der Waals surface area contributed by atoms with Crippen LogP contribution in [0.4, 0.5) is 0 Å². The quantitative estimate of drug-likeness (QED) is 0.268. The second-order valence-electron chi connectivity index (χ2n) is 4.57. The molecule has 6 heteroatoms. The summed E-state index contributed by atoms with van der Waals surface area (Å²) in [5.74, 6) is -0.155. The lowest BCUT2D eigenvalue weighted by molar-refractivity contribution is -0.126. The number of ether oxygens (including phenoxy) is 1. The van der Waals surface area contributed by atoms with Crippen molar-refractivity contribution >= 4 is 11.7 Å². The topological polar surface area (TPSA) is 96.9 Å². The zero-order valence-electron chi connectivity index (χ0n) is 11.0. The second-order valence-corrected chi connectivity index (χ2v) is 4.57. The third-order valence-corrected chi connectivity index (χ3v) is 2.52. The van der Waals surface area contributed by atoms with Gasteiger partial charge in [-0.15, -0.1) is 0 Å². The van der Waals surface area contributed by atoms with Crippen LogP contribution in [0.25, 0.3) is 0 Å². The molecule has 0 aromatic heterocycles. The maximum Gasteiger partial charge on any atom is 0.223 e. The first-order valence-corrected chi connectivity index (χ1v) is 5.68. The molecule has 0 aromatic rings. The van der Waals surface area contributed by atoms with Crippen molar-refractivity contribution in [2.45, 2.75) is 51.7 Å². The van der Waals surface area contributed by atoms with Crippen molar-refractivity contribution in [3.63, 3.8) is 0 Å². The average Bonchev–Trinajstić information content (AvgIpc) is 2.26. The van der Waals surface area contributed by atoms with Crippen LogP contribution in [0.2, 0.25) is 0 Å². The molecule has 0 fully saturated rings. The Hall–Kier alpha value is -1.30. The highest BCUT2D eigenvalue weighted by atomic mass is 16.5. The number of hydrogen-bond donors (Lipinski definition) is 3. The minimum absolute atomic E-state index is 0.0235. The highest BCUT2D eigenvalue weighted by Gasteiger charge is 2.23. The van der Waals surface area contributed by atoms with Gasteiger partial charge in [-0.1, -0.05) is 18.5 Å². The molecule has 0 saturated heterocycles. The summed E-state index contributed by atoms with van der Waals surface area (Å²) < 4.78 is 5.16. The Morgan fingerprint density at radius 3 is 2.59 bits per heavy atom. The van der Waals surface area contributed by atoms with E-state index in [1.54, 1.807) is 7.11 Å². The summed E-state index contributed by atoms with van der Waals surface area (Å²) in [7, 11) is 1.56. The van der Waals surface area contributed by atoms with E-state index in [0.29, 0.717) is 6.42 Å². The molecule has 6 nitrogen and oxygen atoms in total. The lowest BCUT2D eigenvalue weighted by Gasteiger charge is -2.24. The van der Waals surface area contributed by atoms with Gasteiger partial charge < -0.3 is 21.0 Å². The molecule has 1 atom stereocenters. The number of hydrogen-bond acceptors (Lipinski definition) is 4. The minimum atomic E-state index is -0.522. The predicted octanol–water partition coefficient (Wildman–Crippen LogP) is 0.833. The number of oxime groups is 1. The predicted molar refractivity (Wildman–Crippen MR) is 66.0 cm³/mol. The largest absolute Gasteiger partial charge is 0.409 e. The van der Waals surface area contributed by atoms with Crippen molar-refractivity contribution in [3.05, 3.63) is 0 Å². The molecule has 1 amide bonds. The number of rotatable bonds is 7. The van der Waals surface area contributed by atoms with Crippen LogP contribution >= 0.6 is 0 Å². The van der Waals surface area contributed by atoms with E-state index in [1.807, 2.05) is 20.8 Å². The van der Waals surface area contributed by atoms with E-state index in [4.69, 9.17) is 15.7 Å². The Labute approximate surface area is 102 Å². The molecule has 0 heterocycles. The van der Waals surface area contributed by atoms with E-state index in [1.165, 1.54) is 0 Å². The Bertz CT molecular complexity index is 277. The Morgan fingerprint density at radius 1 is 1.59 bits per heavy atom.